The standard InChI is InChI=1S/C16H13N3O3/c1-18-14-8-7-12(19(21)22)9-13(14)16(17-10-15(18)20)11-5-3-2-4-6-11/h2-9H,10H2,1H3/i1D3. The Morgan fingerprint density at radius 1 is 1.27 bits per heavy atom. The van der Waals surface area contributed by atoms with Crippen LogP contribution in [0.3, 0.4) is 0 Å². The molecule has 1 amide bonds. The number of non-ortho nitro benzene ring substituents is 1. The molecular formula is C16H13N3O3. The molecule has 2 aromatic carbocycles. The molecule has 0 unspecified atom stereocenters. The van der Waals surface area contributed by atoms with E-state index in [1.807, 2.05) is 0 Å². The van der Waals surface area contributed by atoms with E-state index in [4.69, 9.17) is 4.11 Å². The minimum absolute atomic E-state index is 0.0794. The fraction of sp³-hybridized carbons (Fsp3) is 0.125. The highest BCUT2D eigenvalue weighted by Crippen LogP contribution is 2.29. The molecule has 110 valence electrons. The number of carbonyl (C=O) groups excluding carboxylic acids is 1. The maximum atomic E-state index is 12.3. The zero-order valence-corrected chi connectivity index (χ0v) is 11.4. The predicted octanol–water partition coefficient (Wildman–Crippen LogP) is 2.41. The normalized spacial score (nSPS) is 16.7. The van der Waals surface area contributed by atoms with Crippen LogP contribution in [0.5, 0.6) is 0 Å². The van der Waals surface area contributed by atoms with Gasteiger partial charge in [-0.2, -0.15) is 0 Å². The minimum atomic E-state index is -2.72. The summed E-state index contributed by atoms with van der Waals surface area (Å²) in [7, 11) is 0. The van der Waals surface area contributed by atoms with Crippen LogP contribution in [0.1, 0.15) is 15.2 Å². The highest BCUT2D eigenvalue weighted by molar-refractivity contribution is 6.19. The highest BCUT2D eigenvalue weighted by atomic mass is 16.6. The van der Waals surface area contributed by atoms with Gasteiger partial charge in [-0.3, -0.25) is 19.9 Å². The largest absolute Gasteiger partial charge is 0.313 e. The number of fused-ring (bicyclic) bond motifs is 1. The van der Waals surface area contributed by atoms with Gasteiger partial charge < -0.3 is 4.90 Å². The molecule has 0 bridgehead atoms. The lowest BCUT2D eigenvalue weighted by Crippen LogP contribution is -2.27. The van der Waals surface area contributed by atoms with E-state index in [1.54, 1.807) is 30.3 Å². The number of hydrogen-bond donors (Lipinski definition) is 0. The highest BCUT2D eigenvalue weighted by Gasteiger charge is 2.24. The minimum Gasteiger partial charge on any atom is -0.313 e. The predicted molar refractivity (Wildman–Crippen MR) is 83.5 cm³/mol. The van der Waals surface area contributed by atoms with Crippen molar-refractivity contribution in [1.82, 2.24) is 0 Å². The van der Waals surface area contributed by atoms with Crippen molar-refractivity contribution < 1.29 is 13.8 Å². The molecular weight excluding hydrogens is 282 g/mol. The summed E-state index contributed by atoms with van der Waals surface area (Å²) in [6.07, 6.45) is 0. The molecule has 0 fully saturated rings. The fourth-order valence-electron chi connectivity index (χ4n) is 2.30. The number of carbonyl (C=O) groups is 1. The van der Waals surface area contributed by atoms with Gasteiger partial charge in [-0.1, -0.05) is 30.3 Å². The van der Waals surface area contributed by atoms with Gasteiger partial charge in [0.15, 0.2) is 0 Å². The molecule has 0 atom stereocenters. The lowest BCUT2D eigenvalue weighted by Gasteiger charge is -2.17. The van der Waals surface area contributed by atoms with Gasteiger partial charge >= 0.3 is 0 Å². The van der Waals surface area contributed by atoms with Crippen molar-refractivity contribution >= 4 is 23.0 Å². The SMILES string of the molecule is [2H]C([2H])([2H])N1C(=O)CN=C(c2ccccc2)c2cc([N+](=O)[O-])ccc21. The van der Waals surface area contributed by atoms with Gasteiger partial charge in [-0.05, 0) is 6.07 Å². The van der Waals surface area contributed by atoms with E-state index in [1.165, 1.54) is 18.2 Å². The molecule has 0 aromatic heterocycles. The topological polar surface area (TPSA) is 75.8 Å². The average molecular weight is 298 g/mol. The van der Waals surface area contributed by atoms with Crippen molar-refractivity contribution in [3.8, 4) is 0 Å². The third-order valence-electron chi connectivity index (χ3n) is 3.36. The van der Waals surface area contributed by atoms with E-state index in [-0.39, 0.29) is 23.5 Å². The second-order valence-corrected chi connectivity index (χ2v) is 4.72. The zero-order chi connectivity index (χ0) is 18.2. The number of nitro groups is 1. The van der Waals surface area contributed by atoms with Gasteiger partial charge in [-0.25, -0.2) is 0 Å². The summed E-state index contributed by atoms with van der Waals surface area (Å²) >= 11 is 0. The van der Waals surface area contributed by atoms with Crippen LogP contribution in [-0.2, 0) is 4.79 Å². The number of likely N-dealkylation sites (N-methyl/N-ethyl adjacent to an activating group) is 1. The third-order valence-corrected chi connectivity index (χ3v) is 3.36. The van der Waals surface area contributed by atoms with E-state index in [9.17, 15) is 14.9 Å². The average Bonchev–Trinajstić information content (AvgIpc) is 2.70. The van der Waals surface area contributed by atoms with E-state index >= 15 is 0 Å². The number of nitrogens with zero attached hydrogens (tertiary/aromatic N) is 3. The molecule has 0 saturated heterocycles. The van der Waals surface area contributed by atoms with Gasteiger partial charge in [-0.15, -0.1) is 0 Å². The lowest BCUT2D eigenvalue weighted by molar-refractivity contribution is -0.384. The maximum absolute atomic E-state index is 12.3. The van der Waals surface area contributed by atoms with Gasteiger partial charge in [0, 0.05) is 34.3 Å². The number of rotatable bonds is 2. The van der Waals surface area contributed by atoms with E-state index in [2.05, 4.69) is 4.99 Å². The molecule has 0 N–H and O–H groups in total. The van der Waals surface area contributed by atoms with Crippen LogP contribution >= 0.6 is 0 Å². The number of nitro benzene ring substituents is 1. The molecule has 0 aliphatic carbocycles. The number of benzodiazepines with no additional fused rings is 1. The number of amides is 1. The van der Waals surface area contributed by atoms with Crippen LogP contribution in [0.2, 0.25) is 0 Å². The Morgan fingerprint density at radius 2 is 2.05 bits per heavy atom. The number of benzene rings is 2. The molecule has 22 heavy (non-hydrogen) atoms. The molecule has 3 rings (SSSR count). The first-order chi connectivity index (χ1) is 11.8. The van der Waals surface area contributed by atoms with Crippen LogP contribution in [-0.4, -0.2) is 30.1 Å². The summed E-state index contributed by atoms with van der Waals surface area (Å²) in [6.45, 7) is -3.07. The number of hydrogen-bond acceptors (Lipinski definition) is 4. The summed E-state index contributed by atoms with van der Waals surface area (Å²) in [5, 5.41) is 11.1. The molecule has 2 aromatic rings. The molecule has 0 saturated carbocycles. The summed E-state index contributed by atoms with van der Waals surface area (Å²) in [4.78, 5) is 27.8. The summed E-state index contributed by atoms with van der Waals surface area (Å²) < 4.78 is 22.9. The first-order valence-corrected chi connectivity index (χ1v) is 6.51. The molecule has 1 aliphatic heterocycles. The molecule has 6 heteroatoms. The van der Waals surface area contributed by atoms with E-state index < -0.39 is 17.8 Å². The van der Waals surface area contributed by atoms with Gasteiger partial charge in [0.25, 0.3) is 5.69 Å². The Hall–Kier alpha value is -3.02. The van der Waals surface area contributed by atoms with Gasteiger partial charge in [0.1, 0.15) is 6.54 Å². The van der Waals surface area contributed by atoms with Crippen molar-refractivity contribution in [1.29, 1.82) is 0 Å². The Balaban J connectivity index is 2.28. The Morgan fingerprint density at radius 3 is 2.73 bits per heavy atom. The fourth-order valence-corrected chi connectivity index (χ4v) is 2.30. The van der Waals surface area contributed by atoms with Crippen molar-refractivity contribution in [2.75, 3.05) is 18.4 Å². The lowest BCUT2D eigenvalue weighted by atomic mass is 9.99. The summed E-state index contributed by atoms with van der Waals surface area (Å²) in [5.41, 5.74) is 1.10. The number of aliphatic imine (C=N–C) groups is 1. The second-order valence-electron chi connectivity index (χ2n) is 4.72. The third kappa shape index (κ3) is 2.35. The zero-order valence-electron chi connectivity index (χ0n) is 14.4. The molecule has 1 aliphatic rings. The Labute approximate surface area is 131 Å². The van der Waals surface area contributed by atoms with E-state index in [0.717, 1.165) is 0 Å². The first kappa shape index (κ1) is 10.7. The molecule has 6 nitrogen and oxygen atoms in total. The quantitative estimate of drug-likeness (QED) is 0.631. The van der Waals surface area contributed by atoms with Gasteiger partial charge in [0.05, 0.1) is 16.3 Å². The van der Waals surface area contributed by atoms with Crippen LogP contribution < -0.4 is 4.90 Å². The first-order valence-electron chi connectivity index (χ1n) is 8.01. The smallest absolute Gasteiger partial charge is 0.270 e. The molecule has 1 heterocycles. The van der Waals surface area contributed by atoms with Crippen LogP contribution in [0.15, 0.2) is 53.5 Å². The molecule has 0 spiro atoms. The second kappa shape index (κ2) is 5.40. The Kier molecular flexibility index (Phi) is 2.62. The van der Waals surface area contributed by atoms with Crippen LogP contribution in [0.4, 0.5) is 11.4 Å². The van der Waals surface area contributed by atoms with Crippen LogP contribution in [0, 0.1) is 10.1 Å². The summed E-state index contributed by atoms with van der Waals surface area (Å²) in [5.74, 6) is -0.693. The van der Waals surface area contributed by atoms with Crippen LogP contribution in [0.25, 0.3) is 0 Å². The Bertz CT molecular complexity index is 879. The summed E-state index contributed by atoms with van der Waals surface area (Å²) in [6, 6.07) is 12.5. The van der Waals surface area contributed by atoms with Gasteiger partial charge in [0.2, 0.25) is 5.91 Å². The van der Waals surface area contributed by atoms with Crippen molar-refractivity contribution in [2.45, 2.75) is 0 Å². The monoisotopic (exact) mass is 298 g/mol. The molecule has 0 radical (unpaired) electrons. The maximum Gasteiger partial charge on any atom is 0.270 e. The van der Waals surface area contributed by atoms with Crippen molar-refractivity contribution in [3.63, 3.8) is 0 Å². The number of anilines is 1. The van der Waals surface area contributed by atoms with E-state index in [0.29, 0.717) is 16.2 Å². The van der Waals surface area contributed by atoms with Crippen molar-refractivity contribution in [2.24, 2.45) is 4.99 Å². The van der Waals surface area contributed by atoms with Crippen molar-refractivity contribution in [3.05, 3.63) is 69.8 Å².